The van der Waals surface area contributed by atoms with E-state index >= 15 is 0 Å². The summed E-state index contributed by atoms with van der Waals surface area (Å²) in [7, 11) is 0. The minimum absolute atomic E-state index is 0.0427. The van der Waals surface area contributed by atoms with Gasteiger partial charge >= 0.3 is 0 Å². The van der Waals surface area contributed by atoms with Crippen LogP contribution < -0.4 is 0 Å². The van der Waals surface area contributed by atoms with Crippen molar-refractivity contribution >= 4 is 5.91 Å². The van der Waals surface area contributed by atoms with Crippen molar-refractivity contribution in [3.05, 3.63) is 47.7 Å². The molecule has 1 aromatic heterocycles. The minimum atomic E-state index is -0.659. The zero-order chi connectivity index (χ0) is 22.6. The number of likely N-dealkylation sites (tertiary alicyclic amines) is 1. The van der Waals surface area contributed by atoms with Gasteiger partial charge in [-0.15, -0.1) is 0 Å². The molecule has 2 aliphatic rings. The number of halogens is 2. The molecular formula is C25H31F2N3O. The number of amides is 1. The molecule has 1 aliphatic heterocycles. The minimum Gasteiger partial charge on any atom is -0.342 e. The quantitative estimate of drug-likeness (QED) is 0.641. The summed E-state index contributed by atoms with van der Waals surface area (Å²) in [4.78, 5) is 15.6. The SMILES string of the molecule is CC1(C)CCN(C(=O)[C@@]2(C)CC[C@H](c3cnnc(-c4c(F)cccc4F)c3)C2(C)C)C1. The number of carbonyl (C=O) groups excluding carboxylic acids is 1. The van der Waals surface area contributed by atoms with Gasteiger partial charge in [0.1, 0.15) is 11.6 Å². The Hall–Kier alpha value is -2.37. The molecular weight excluding hydrogens is 396 g/mol. The largest absolute Gasteiger partial charge is 0.342 e. The van der Waals surface area contributed by atoms with Crippen LogP contribution in [0, 0.1) is 27.9 Å². The molecule has 2 fully saturated rings. The molecule has 1 aliphatic carbocycles. The topological polar surface area (TPSA) is 46.1 Å². The Kier molecular flexibility index (Phi) is 5.18. The summed E-state index contributed by atoms with van der Waals surface area (Å²) in [6.07, 6.45) is 4.28. The van der Waals surface area contributed by atoms with Crippen LogP contribution in [-0.2, 0) is 4.79 Å². The van der Waals surface area contributed by atoms with Gasteiger partial charge in [-0.25, -0.2) is 8.78 Å². The van der Waals surface area contributed by atoms with Gasteiger partial charge in [0.25, 0.3) is 0 Å². The normalized spacial score (nSPS) is 26.9. The van der Waals surface area contributed by atoms with Crippen molar-refractivity contribution in [1.82, 2.24) is 15.1 Å². The summed E-state index contributed by atoms with van der Waals surface area (Å²) in [6, 6.07) is 5.51. The summed E-state index contributed by atoms with van der Waals surface area (Å²) >= 11 is 0. The van der Waals surface area contributed by atoms with Gasteiger partial charge in [0, 0.05) is 13.1 Å². The van der Waals surface area contributed by atoms with Crippen LogP contribution in [0.3, 0.4) is 0 Å². The number of benzene rings is 1. The first-order valence-electron chi connectivity index (χ1n) is 11.0. The van der Waals surface area contributed by atoms with Gasteiger partial charge < -0.3 is 4.90 Å². The highest BCUT2D eigenvalue weighted by atomic mass is 19.1. The van der Waals surface area contributed by atoms with Gasteiger partial charge in [-0.3, -0.25) is 4.79 Å². The molecule has 4 nitrogen and oxygen atoms in total. The smallest absolute Gasteiger partial charge is 0.229 e. The van der Waals surface area contributed by atoms with Crippen LogP contribution in [0.5, 0.6) is 0 Å². The molecule has 0 N–H and O–H groups in total. The van der Waals surface area contributed by atoms with E-state index in [1.807, 2.05) is 4.90 Å². The second-order valence-electron chi connectivity index (χ2n) is 10.8. The lowest BCUT2D eigenvalue weighted by atomic mass is 9.63. The molecule has 166 valence electrons. The molecule has 1 saturated heterocycles. The van der Waals surface area contributed by atoms with E-state index in [2.05, 4.69) is 44.8 Å². The molecule has 2 atom stereocenters. The second-order valence-corrected chi connectivity index (χ2v) is 10.8. The van der Waals surface area contributed by atoms with Gasteiger partial charge in [0.05, 0.1) is 22.9 Å². The zero-order valence-electron chi connectivity index (χ0n) is 19.0. The Morgan fingerprint density at radius 3 is 2.39 bits per heavy atom. The summed E-state index contributed by atoms with van der Waals surface area (Å²) in [6.45, 7) is 12.3. The Balaban J connectivity index is 1.66. The Labute approximate surface area is 183 Å². The Morgan fingerprint density at radius 2 is 1.77 bits per heavy atom. The van der Waals surface area contributed by atoms with E-state index in [0.717, 1.165) is 37.9 Å². The molecule has 4 rings (SSSR count). The molecule has 0 unspecified atom stereocenters. The van der Waals surface area contributed by atoms with Gasteiger partial charge in [-0.2, -0.15) is 10.2 Å². The third-order valence-corrected chi connectivity index (χ3v) is 7.96. The molecule has 2 aromatic rings. The molecule has 1 amide bonds. The van der Waals surface area contributed by atoms with Crippen LogP contribution in [0.15, 0.2) is 30.5 Å². The van der Waals surface area contributed by atoms with E-state index in [1.165, 1.54) is 18.2 Å². The van der Waals surface area contributed by atoms with E-state index in [0.29, 0.717) is 0 Å². The summed E-state index contributed by atoms with van der Waals surface area (Å²) < 4.78 is 28.6. The van der Waals surface area contributed by atoms with Crippen molar-refractivity contribution in [3.63, 3.8) is 0 Å². The lowest BCUT2D eigenvalue weighted by molar-refractivity contribution is -0.146. The van der Waals surface area contributed by atoms with Crippen LogP contribution in [0.25, 0.3) is 11.3 Å². The lowest BCUT2D eigenvalue weighted by Crippen LogP contribution is -2.48. The van der Waals surface area contributed by atoms with Crippen molar-refractivity contribution in [2.75, 3.05) is 13.1 Å². The van der Waals surface area contributed by atoms with Crippen LogP contribution in [0.4, 0.5) is 8.78 Å². The molecule has 1 aromatic carbocycles. The van der Waals surface area contributed by atoms with Crippen LogP contribution >= 0.6 is 0 Å². The molecule has 0 bridgehead atoms. The van der Waals surface area contributed by atoms with Crippen LogP contribution in [0.2, 0.25) is 0 Å². The average molecular weight is 428 g/mol. The number of rotatable bonds is 3. The number of carbonyl (C=O) groups is 1. The highest BCUT2D eigenvalue weighted by molar-refractivity contribution is 5.84. The first-order valence-corrected chi connectivity index (χ1v) is 11.0. The molecule has 2 heterocycles. The number of aromatic nitrogens is 2. The Morgan fingerprint density at radius 1 is 1.10 bits per heavy atom. The van der Waals surface area contributed by atoms with Crippen molar-refractivity contribution in [2.24, 2.45) is 16.2 Å². The fraction of sp³-hybridized carbons (Fsp3) is 0.560. The molecule has 31 heavy (non-hydrogen) atoms. The first kappa shape index (κ1) is 21.8. The standard InChI is InChI=1S/C25H31F2N3O/c1-23(2)11-12-30(15-23)22(31)25(5)10-9-17(24(25,3)4)16-13-20(29-28-14-16)21-18(26)7-6-8-19(21)27/h6-8,13-14,17H,9-12,15H2,1-5H3/t17-,25-/m1/s1. The van der Waals surface area contributed by atoms with Crippen LogP contribution in [0.1, 0.15) is 65.4 Å². The van der Waals surface area contributed by atoms with Gasteiger partial charge in [0.2, 0.25) is 5.91 Å². The van der Waals surface area contributed by atoms with E-state index in [-0.39, 0.29) is 33.9 Å². The molecule has 6 heteroatoms. The molecule has 0 spiro atoms. The maximum atomic E-state index is 14.3. The van der Waals surface area contributed by atoms with Crippen molar-refractivity contribution < 1.29 is 13.6 Å². The van der Waals surface area contributed by atoms with Gasteiger partial charge in [-0.1, -0.05) is 40.7 Å². The molecule has 0 radical (unpaired) electrons. The number of hydrogen-bond acceptors (Lipinski definition) is 3. The highest BCUT2D eigenvalue weighted by Gasteiger charge is 2.58. The molecule has 1 saturated carbocycles. The predicted octanol–water partition coefficient (Wildman–Crippen LogP) is 5.59. The third kappa shape index (κ3) is 3.54. The van der Waals surface area contributed by atoms with Crippen molar-refractivity contribution in [1.29, 1.82) is 0 Å². The maximum Gasteiger partial charge on any atom is 0.229 e. The van der Waals surface area contributed by atoms with E-state index in [4.69, 9.17) is 0 Å². The summed E-state index contributed by atoms with van der Waals surface area (Å²) in [5.41, 5.74) is 0.198. The summed E-state index contributed by atoms with van der Waals surface area (Å²) in [5.74, 6) is -1.06. The Bertz CT molecular complexity index is 999. The van der Waals surface area contributed by atoms with E-state index in [1.54, 1.807) is 12.3 Å². The van der Waals surface area contributed by atoms with Gasteiger partial charge in [-0.05, 0) is 59.8 Å². The fourth-order valence-electron chi connectivity index (χ4n) is 5.54. The predicted molar refractivity (Wildman–Crippen MR) is 116 cm³/mol. The maximum absolute atomic E-state index is 14.3. The van der Waals surface area contributed by atoms with E-state index < -0.39 is 17.0 Å². The lowest BCUT2D eigenvalue weighted by Gasteiger charge is -2.43. The van der Waals surface area contributed by atoms with Crippen LogP contribution in [-0.4, -0.2) is 34.1 Å². The fourth-order valence-corrected chi connectivity index (χ4v) is 5.54. The second kappa shape index (κ2) is 7.35. The average Bonchev–Trinajstić information content (AvgIpc) is 3.18. The zero-order valence-corrected chi connectivity index (χ0v) is 19.0. The van der Waals surface area contributed by atoms with Crippen molar-refractivity contribution in [3.8, 4) is 11.3 Å². The van der Waals surface area contributed by atoms with Gasteiger partial charge in [0.15, 0.2) is 0 Å². The number of nitrogens with zero attached hydrogens (tertiary/aromatic N) is 3. The monoisotopic (exact) mass is 427 g/mol. The summed E-state index contributed by atoms with van der Waals surface area (Å²) in [5, 5.41) is 8.06. The van der Waals surface area contributed by atoms with E-state index in [9.17, 15) is 13.6 Å². The first-order chi connectivity index (χ1) is 14.5. The van der Waals surface area contributed by atoms with Crippen molar-refractivity contribution in [2.45, 2.75) is 59.8 Å². The number of hydrogen-bond donors (Lipinski definition) is 0. The third-order valence-electron chi connectivity index (χ3n) is 7.96. The highest BCUT2D eigenvalue weighted by Crippen LogP contribution is 2.61.